The van der Waals surface area contributed by atoms with Crippen molar-refractivity contribution >= 4 is 5.91 Å². The highest BCUT2D eigenvalue weighted by Crippen LogP contribution is 2.15. The number of benzene rings is 1. The summed E-state index contributed by atoms with van der Waals surface area (Å²) in [6.45, 7) is 4.17. The first-order chi connectivity index (χ1) is 8.70. The van der Waals surface area contributed by atoms with E-state index in [2.05, 4.69) is 5.32 Å². The Labute approximate surface area is 107 Å². The van der Waals surface area contributed by atoms with E-state index in [0.29, 0.717) is 6.54 Å². The molecule has 98 valence electrons. The Balaban J connectivity index is 2.00. The number of carbonyl (C=O) groups is 1. The molecule has 1 aromatic carbocycles. The first-order valence-corrected chi connectivity index (χ1v) is 6.47. The van der Waals surface area contributed by atoms with Crippen molar-refractivity contribution in [2.45, 2.75) is 32.4 Å². The summed E-state index contributed by atoms with van der Waals surface area (Å²) in [5, 5.41) is 3.21. The van der Waals surface area contributed by atoms with Crippen molar-refractivity contribution in [3.63, 3.8) is 0 Å². The van der Waals surface area contributed by atoms with Crippen LogP contribution in [0.3, 0.4) is 0 Å². The number of amides is 1. The molecule has 1 heterocycles. The van der Waals surface area contributed by atoms with Crippen molar-refractivity contribution in [3.05, 3.63) is 35.6 Å². The molecule has 3 nitrogen and oxygen atoms in total. The van der Waals surface area contributed by atoms with Crippen LogP contribution in [0.25, 0.3) is 0 Å². The van der Waals surface area contributed by atoms with Crippen LogP contribution in [0.15, 0.2) is 24.3 Å². The molecule has 1 atom stereocenters. The fourth-order valence-corrected chi connectivity index (χ4v) is 2.34. The molecule has 1 aliphatic rings. The summed E-state index contributed by atoms with van der Waals surface area (Å²) in [5.41, 5.74) is 0.974. The van der Waals surface area contributed by atoms with Crippen molar-refractivity contribution < 1.29 is 9.18 Å². The van der Waals surface area contributed by atoms with Crippen LogP contribution >= 0.6 is 0 Å². The van der Waals surface area contributed by atoms with Gasteiger partial charge in [0.2, 0.25) is 5.91 Å². The molecule has 0 radical (unpaired) electrons. The smallest absolute Gasteiger partial charge is 0.240 e. The molecule has 1 amide bonds. The second kappa shape index (κ2) is 5.96. The lowest BCUT2D eigenvalue weighted by Crippen LogP contribution is -2.50. The van der Waals surface area contributed by atoms with Gasteiger partial charge in [0, 0.05) is 13.1 Å². The van der Waals surface area contributed by atoms with Gasteiger partial charge >= 0.3 is 0 Å². The van der Waals surface area contributed by atoms with Crippen LogP contribution < -0.4 is 5.32 Å². The minimum Gasteiger partial charge on any atom is -0.337 e. The monoisotopic (exact) mass is 250 g/mol. The lowest BCUT2D eigenvalue weighted by molar-refractivity contribution is -0.136. The number of hydrogen-bond donors (Lipinski definition) is 1. The molecule has 1 aliphatic heterocycles. The van der Waals surface area contributed by atoms with E-state index in [1.54, 1.807) is 12.1 Å². The third-order valence-electron chi connectivity index (χ3n) is 3.27. The predicted molar refractivity (Wildman–Crippen MR) is 68.5 cm³/mol. The second-order valence-corrected chi connectivity index (χ2v) is 4.64. The van der Waals surface area contributed by atoms with Crippen LogP contribution in [-0.4, -0.2) is 29.9 Å². The largest absolute Gasteiger partial charge is 0.337 e. The van der Waals surface area contributed by atoms with E-state index in [0.717, 1.165) is 31.5 Å². The van der Waals surface area contributed by atoms with E-state index in [4.69, 9.17) is 0 Å². The van der Waals surface area contributed by atoms with Gasteiger partial charge in [0.15, 0.2) is 0 Å². The van der Waals surface area contributed by atoms with E-state index < -0.39 is 0 Å². The van der Waals surface area contributed by atoms with Gasteiger partial charge in [0.1, 0.15) is 5.82 Å². The van der Waals surface area contributed by atoms with Gasteiger partial charge in [0.05, 0.1) is 6.04 Å². The second-order valence-electron chi connectivity index (χ2n) is 4.64. The molecule has 1 fully saturated rings. The van der Waals surface area contributed by atoms with E-state index in [9.17, 15) is 9.18 Å². The highest BCUT2D eigenvalue weighted by Gasteiger charge is 2.27. The van der Waals surface area contributed by atoms with Crippen LogP contribution in [0, 0.1) is 5.82 Å². The number of piperidine rings is 1. The van der Waals surface area contributed by atoms with Gasteiger partial charge in [-0.15, -0.1) is 0 Å². The molecular weight excluding hydrogens is 231 g/mol. The summed E-state index contributed by atoms with van der Waals surface area (Å²) in [6.07, 6.45) is 1.93. The molecule has 0 aliphatic carbocycles. The Morgan fingerprint density at radius 1 is 1.39 bits per heavy atom. The van der Waals surface area contributed by atoms with Gasteiger partial charge in [-0.2, -0.15) is 0 Å². The van der Waals surface area contributed by atoms with Crippen molar-refractivity contribution in [1.29, 1.82) is 0 Å². The number of rotatable bonds is 4. The van der Waals surface area contributed by atoms with Crippen LogP contribution in [0.1, 0.15) is 25.3 Å². The number of likely N-dealkylation sites (tertiary alicyclic amines) is 1. The topological polar surface area (TPSA) is 32.3 Å². The Morgan fingerprint density at radius 2 is 2.11 bits per heavy atom. The average Bonchev–Trinajstić information content (AvgIpc) is 2.37. The zero-order valence-electron chi connectivity index (χ0n) is 10.7. The number of carbonyl (C=O) groups excluding carboxylic acids is 1. The number of nitrogens with zero attached hydrogens (tertiary/aromatic N) is 1. The van der Waals surface area contributed by atoms with Gasteiger partial charge in [-0.3, -0.25) is 4.79 Å². The number of halogens is 1. The minimum atomic E-state index is -0.241. The minimum absolute atomic E-state index is 0.0517. The van der Waals surface area contributed by atoms with Gasteiger partial charge in [-0.25, -0.2) is 4.39 Å². The molecule has 1 saturated heterocycles. The van der Waals surface area contributed by atoms with Crippen LogP contribution in [0.4, 0.5) is 4.39 Å². The van der Waals surface area contributed by atoms with Crippen molar-refractivity contribution in [3.8, 4) is 0 Å². The number of likely N-dealkylation sites (N-methyl/N-ethyl adjacent to an activating group) is 1. The van der Waals surface area contributed by atoms with E-state index >= 15 is 0 Å². The summed E-state index contributed by atoms with van der Waals surface area (Å²) >= 11 is 0. The Bertz CT molecular complexity index is 403. The maximum Gasteiger partial charge on any atom is 0.240 e. The summed E-state index contributed by atoms with van der Waals surface area (Å²) in [5.74, 6) is -0.0818. The lowest BCUT2D eigenvalue weighted by Gasteiger charge is -2.32. The predicted octanol–water partition coefficient (Wildman–Crippen LogP) is 1.93. The fourth-order valence-electron chi connectivity index (χ4n) is 2.34. The highest BCUT2D eigenvalue weighted by atomic mass is 19.1. The summed E-state index contributed by atoms with van der Waals surface area (Å²) in [4.78, 5) is 14.0. The Hall–Kier alpha value is -1.42. The maximum absolute atomic E-state index is 12.8. The molecule has 1 N–H and O–H groups in total. The molecule has 0 saturated carbocycles. The third kappa shape index (κ3) is 3.07. The quantitative estimate of drug-likeness (QED) is 0.885. The lowest BCUT2D eigenvalue weighted by atomic mass is 10.0. The molecule has 1 aromatic rings. The van der Waals surface area contributed by atoms with E-state index in [1.807, 2.05) is 11.8 Å². The normalized spacial score (nSPS) is 20.2. The van der Waals surface area contributed by atoms with Crippen LogP contribution in [-0.2, 0) is 11.3 Å². The summed E-state index contributed by atoms with van der Waals surface area (Å²) in [7, 11) is 0. The van der Waals surface area contributed by atoms with Crippen molar-refractivity contribution in [2.24, 2.45) is 0 Å². The van der Waals surface area contributed by atoms with E-state index in [-0.39, 0.29) is 17.8 Å². The first kappa shape index (κ1) is 13.0. The molecule has 18 heavy (non-hydrogen) atoms. The molecule has 4 heteroatoms. The third-order valence-corrected chi connectivity index (χ3v) is 3.27. The Morgan fingerprint density at radius 3 is 2.78 bits per heavy atom. The van der Waals surface area contributed by atoms with Crippen molar-refractivity contribution in [2.75, 3.05) is 13.1 Å². The molecule has 0 aromatic heterocycles. The Kier molecular flexibility index (Phi) is 4.31. The standard InChI is InChI=1S/C14H19FN2O/c1-2-16-13-4-3-9-17(14(13)18)10-11-5-7-12(15)8-6-11/h5-8,13,16H,2-4,9-10H2,1H3. The van der Waals surface area contributed by atoms with Gasteiger partial charge < -0.3 is 10.2 Å². The number of hydrogen-bond acceptors (Lipinski definition) is 2. The van der Waals surface area contributed by atoms with Gasteiger partial charge in [-0.05, 0) is 37.1 Å². The number of nitrogens with one attached hydrogen (secondary N) is 1. The van der Waals surface area contributed by atoms with Crippen molar-refractivity contribution in [1.82, 2.24) is 10.2 Å². The maximum atomic E-state index is 12.8. The zero-order chi connectivity index (χ0) is 13.0. The molecular formula is C14H19FN2O. The summed E-state index contributed by atoms with van der Waals surface area (Å²) < 4.78 is 12.8. The summed E-state index contributed by atoms with van der Waals surface area (Å²) in [6, 6.07) is 6.29. The van der Waals surface area contributed by atoms with Gasteiger partial charge in [-0.1, -0.05) is 19.1 Å². The zero-order valence-corrected chi connectivity index (χ0v) is 10.7. The molecule has 0 spiro atoms. The average molecular weight is 250 g/mol. The first-order valence-electron chi connectivity index (χ1n) is 6.47. The van der Waals surface area contributed by atoms with Gasteiger partial charge in [0.25, 0.3) is 0 Å². The molecule has 1 unspecified atom stereocenters. The SMILES string of the molecule is CCNC1CCCN(Cc2ccc(F)cc2)C1=O. The highest BCUT2D eigenvalue weighted by molar-refractivity contribution is 5.82. The van der Waals surface area contributed by atoms with Crippen LogP contribution in [0.5, 0.6) is 0 Å². The fraction of sp³-hybridized carbons (Fsp3) is 0.500. The molecule has 2 rings (SSSR count). The van der Waals surface area contributed by atoms with E-state index in [1.165, 1.54) is 12.1 Å². The molecule has 0 bridgehead atoms. The van der Waals surface area contributed by atoms with Crippen LogP contribution in [0.2, 0.25) is 0 Å².